The zero-order valence-electron chi connectivity index (χ0n) is 17.3. The Balaban J connectivity index is 1.41. The van der Waals surface area contributed by atoms with Crippen molar-refractivity contribution < 1.29 is 19.1 Å². The van der Waals surface area contributed by atoms with Gasteiger partial charge in [0.05, 0.1) is 30.7 Å². The minimum absolute atomic E-state index is 0.224. The summed E-state index contributed by atoms with van der Waals surface area (Å²) in [6, 6.07) is 20.1. The number of hydrazone groups is 1. The van der Waals surface area contributed by atoms with Crippen LogP contribution in [0.25, 0.3) is 10.8 Å². The van der Waals surface area contributed by atoms with E-state index in [9.17, 15) is 14.4 Å². The van der Waals surface area contributed by atoms with E-state index in [-0.39, 0.29) is 11.6 Å². The molecule has 8 heteroatoms. The van der Waals surface area contributed by atoms with Crippen LogP contribution >= 0.6 is 0 Å². The highest BCUT2D eigenvalue weighted by Crippen LogP contribution is 2.18. The predicted molar refractivity (Wildman–Crippen MR) is 121 cm³/mol. The third kappa shape index (κ3) is 4.81. The Labute approximate surface area is 184 Å². The summed E-state index contributed by atoms with van der Waals surface area (Å²) in [5.41, 5.74) is 3.63. The number of rotatable bonds is 4. The van der Waals surface area contributed by atoms with E-state index in [1.54, 1.807) is 29.2 Å². The topological polar surface area (TPSA) is 100 Å². The molecule has 1 aliphatic heterocycles. The number of hydrogen-bond donors (Lipinski definition) is 2. The molecular weight excluding hydrogens is 408 g/mol. The lowest BCUT2D eigenvalue weighted by Gasteiger charge is -2.27. The molecule has 162 valence electrons. The smallest absolute Gasteiger partial charge is 0.329 e. The number of fused-ring (bicyclic) bond motifs is 1. The molecule has 0 radical (unpaired) electrons. The summed E-state index contributed by atoms with van der Waals surface area (Å²) in [4.78, 5) is 39.1. The molecule has 1 saturated heterocycles. The lowest BCUT2D eigenvalue weighted by molar-refractivity contribution is -0.136. The van der Waals surface area contributed by atoms with Gasteiger partial charge in [-0.3, -0.25) is 14.4 Å². The molecule has 0 spiro atoms. The number of nitrogens with zero attached hydrogens (tertiary/aromatic N) is 2. The molecule has 1 fully saturated rings. The monoisotopic (exact) mass is 430 g/mol. The quantitative estimate of drug-likeness (QED) is 0.377. The standard InChI is InChI=1S/C24H22N4O4/c29-22(23(30)27-25-16-18-8-5-7-17-6-1-2-9-19(17)18)26-21-11-4-3-10-20(21)24(31)28-12-14-32-15-13-28/h1-11,16H,12-15H2,(H,26,29)(H,27,30). The fraction of sp³-hybridized carbons (Fsp3) is 0.167. The summed E-state index contributed by atoms with van der Waals surface area (Å²) in [5.74, 6) is -2.07. The van der Waals surface area contributed by atoms with Gasteiger partial charge in [-0.2, -0.15) is 5.10 Å². The van der Waals surface area contributed by atoms with Crippen molar-refractivity contribution in [2.24, 2.45) is 5.10 Å². The van der Waals surface area contributed by atoms with Gasteiger partial charge in [0.15, 0.2) is 0 Å². The first-order valence-electron chi connectivity index (χ1n) is 10.2. The van der Waals surface area contributed by atoms with Crippen LogP contribution in [-0.4, -0.2) is 55.1 Å². The maximum Gasteiger partial charge on any atom is 0.329 e. The Morgan fingerprint density at radius 3 is 2.44 bits per heavy atom. The SMILES string of the molecule is O=C(NN=Cc1cccc2ccccc12)C(=O)Nc1ccccc1C(=O)N1CCOCC1. The van der Waals surface area contributed by atoms with E-state index in [4.69, 9.17) is 4.74 Å². The van der Waals surface area contributed by atoms with E-state index in [1.165, 1.54) is 6.21 Å². The second-order valence-electron chi connectivity index (χ2n) is 7.17. The van der Waals surface area contributed by atoms with Crippen molar-refractivity contribution in [1.82, 2.24) is 10.3 Å². The van der Waals surface area contributed by atoms with Crippen LogP contribution in [0.3, 0.4) is 0 Å². The van der Waals surface area contributed by atoms with E-state index >= 15 is 0 Å². The molecule has 3 aromatic rings. The lowest BCUT2D eigenvalue weighted by Crippen LogP contribution is -2.41. The van der Waals surface area contributed by atoms with E-state index < -0.39 is 11.8 Å². The highest BCUT2D eigenvalue weighted by molar-refractivity contribution is 6.40. The van der Waals surface area contributed by atoms with Crippen molar-refractivity contribution in [3.8, 4) is 0 Å². The molecule has 1 aliphatic rings. The molecule has 3 amide bonds. The highest BCUT2D eigenvalue weighted by atomic mass is 16.5. The van der Waals surface area contributed by atoms with E-state index in [2.05, 4.69) is 15.8 Å². The van der Waals surface area contributed by atoms with Gasteiger partial charge in [-0.25, -0.2) is 5.43 Å². The fourth-order valence-electron chi connectivity index (χ4n) is 3.47. The van der Waals surface area contributed by atoms with Crippen LogP contribution in [-0.2, 0) is 14.3 Å². The molecular formula is C24H22N4O4. The summed E-state index contributed by atoms with van der Waals surface area (Å²) < 4.78 is 5.28. The van der Waals surface area contributed by atoms with Crippen LogP contribution in [0.5, 0.6) is 0 Å². The molecule has 8 nitrogen and oxygen atoms in total. The summed E-state index contributed by atoms with van der Waals surface area (Å²) in [5, 5.41) is 8.44. The highest BCUT2D eigenvalue weighted by Gasteiger charge is 2.22. The molecule has 0 atom stereocenters. The van der Waals surface area contributed by atoms with Gasteiger partial charge in [0.25, 0.3) is 5.91 Å². The number of nitrogens with one attached hydrogen (secondary N) is 2. The van der Waals surface area contributed by atoms with Gasteiger partial charge >= 0.3 is 11.8 Å². The van der Waals surface area contributed by atoms with Gasteiger partial charge in [-0.05, 0) is 22.9 Å². The Hall–Kier alpha value is -4.04. The van der Waals surface area contributed by atoms with Gasteiger partial charge in [0.2, 0.25) is 0 Å². The largest absolute Gasteiger partial charge is 0.378 e. The molecule has 0 aliphatic carbocycles. The minimum Gasteiger partial charge on any atom is -0.378 e. The molecule has 32 heavy (non-hydrogen) atoms. The van der Waals surface area contributed by atoms with Crippen molar-refractivity contribution >= 4 is 40.4 Å². The van der Waals surface area contributed by atoms with Crippen LogP contribution in [0.4, 0.5) is 5.69 Å². The minimum atomic E-state index is -0.935. The number of carbonyl (C=O) groups is 3. The van der Waals surface area contributed by atoms with Crippen LogP contribution < -0.4 is 10.7 Å². The number of hydrogen-bond acceptors (Lipinski definition) is 5. The van der Waals surface area contributed by atoms with Crippen molar-refractivity contribution in [2.45, 2.75) is 0 Å². The Morgan fingerprint density at radius 2 is 1.59 bits per heavy atom. The average molecular weight is 430 g/mol. The summed E-state index contributed by atoms with van der Waals surface area (Å²) in [6.07, 6.45) is 1.49. The first-order valence-corrected chi connectivity index (χ1v) is 10.2. The first-order chi connectivity index (χ1) is 15.6. The lowest BCUT2D eigenvalue weighted by atomic mass is 10.1. The molecule has 0 saturated carbocycles. The molecule has 4 rings (SSSR count). The van der Waals surface area contributed by atoms with Crippen molar-refractivity contribution in [3.63, 3.8) is 0 Å². The number of morpholine rings is 1. The molecule has 0 aromatic heterocycles. The number of benzene rings is 3. The predicted octanol–water partition coefficient (Wildman–Crippen LogP) is 2.40. The Bertz CT molecular complexity index is 1180. The zero-order chi connectivity index (χ0) is 22.3. The normalized spacial score (nSPS) is 13.8. The van der Waals surface area contributed by atoms with Crippen molar-refractivity contribution in [1.29, 1.82) is 0 Å². The Kier molecular flexibility index (Phi) is 6.52. The maximum absolute atomic E-state index is 12.8. The molecule has 0 bridgehead atoms. The number of amides is 3. The van der Waals surface area contributed by atoms with Gasteiger partial charge in [-0.1, -0.05) is 54.6 Å². The summed E-state index contributed by atoms with van der Waals surface area (Å²) in [6.45, 7) is 1.89. The van der Waals surface area contributed by atoms with Gasteiger partial charge in [0.1, 0.15) is 0 Å². The number of para-hydroxylation sites is 1. The van der Waals surface area contributed by atoms with Crippen LogP contribution in [0, 0.1) is 0 Å². The number of carbonyl (C=O) groups excluding carboxylic acids is 3. The van der Waals surface area contributed by atoms with Crippen LogP contribution in [0.1, 0.15) is 15.9 Å². The van der Waals surface area contributed by atoms with Gasteiger partial charge < -0.3 is 15.0 Å². The summed E-state index contributed by atoms with van der Waals surface area (Å²) >= 11 is 0. The third-order valence-corrected chi connectivity index (χ3v) is 5.10. The second kappa shape index (κ2) is 9.84. The molecule has 0 unspecified atom stereocenters. The van der Waals surface area contributed by atoms with E-state index in [1.807, 2.05) is 42.5 Å². The number of ether oxygens (including phenoxy) is 1. The van der Waals surface area contributed by atoms with Crippen LogP contribution in [0.2, 0.25) is 0 Å². The van der Waals surface area contributed by atoms with E-state index in [0.29, 0.717) is 31.9 Å². The number of anilines is 1. The second-order valence-corrected chi connectivity index (χ2v) is 7.17. The molecule has 2 N–H and O–H groups in total. The molecule has 1 heterocycles. The van der Waals surface area contributed by atoms with Crippen LogP contribution in [0.15, 0.2) is 71.8 Å². The van der Waals surface area contributed by atoms with Crippen molar-refractivity contribution in [3.05, 3.63) is 77.9 Å². The zero-order valence-corrected chi connectivity index (χ0v) is 17.3. The summed E-state index contributed by atoms with van der Waals surface area (Å²) in [7, 11) is 0. The first kappa shape index (κ1) is 21.2. The van der Waals surface area contributed by atoms with Gasteiger partial charge in [0, 0.05) is 18.7 Å². The third-order valence-electron chi connectivity index (χ3n) is 5.10. The maximum atomic E-state index is 12.8. The van der Waals surface area contributed by atoms with Gasteiger partial charge in [-0.15, -0.1) is 0 Å². The average Bonchev–Trinajstić information content (AvgIpc) is 2.84. The van der Waals surface area contributed by atoms with E-state index in [0.717, 1.165) is 16.3 Å². The molecule has 3 aromatic carbocycles. The Morgan fingerprint density at radius 1 is 0.875 bits per heavy atom. The van der Waals surface area contributed by atoms with Crippen molar-refractivity contribution in [2.75, 3.05) is 31.6 Å². The fourth-order valence-corrected chi connectivity index (χ4v) is 3.47.